The van der Waals surface area contributed by atoms with E-state index in [0.717, 1.165) is 11.4 Å². The summed E-state index contributed by atoms with van der Waals surface area (Å²) in [6, 6.07) is 3.76. The van der Waals surface area contributed by atoms with Gasteiger partial charge in [-0.3, -0.25) is 19.8 Å². The molecule has 2 N–H and O–H groups in total. The van der Waals surface area contributed by atoms with Crippen molar-refractivity contribution in [3.05, 3.63) is 23.9 Å². The second-order valence-electron chi connectivity index (χ2n) is 3.88. The minimum absolute atomic E-state index is 0.240. The molecule has 0 spiro atoms. The fraction of sp³-hybridized carbons (Fsp3) is 0.364. The van der Waals surface area contributed by atoms with E-state index >= 15 is 0 Å². The maximum absolute atomic E-state index is 11.2. The van der Waals surface area contributed by atoms with Gasteiger partial charge in [-0.1, -0.05) is 6.07 Å². The summed E-state index contributed by atoms with van der Waals surface area (Å²) in [4.78, 5) is 28.4. The van der Waals surface area contributed by atoms with E-state index in [1.54, 1.807) is 18.1 Å². The van der Waals surface area contributed by atoms with E-state index < -0.39 is 0 Å². The zero-order valence-electron chi connectivity index (χ0n) is 9.56. The van der Waals surface area contributed by atoms with Gasteiger partial charge in [0.2, 0.25) is 11.8 Å². The van der Waals surface area contributed by atoms with Crippen molar-refractivity contribution in [3.63, 3.8) is 0 Å². The van der Waals surface area contributed by atoms with Crippen molar-refractivity contribution in [3.8, 4) is 0 Å². The lowest BCUT2D eigenvalue weighted by molar-refractivity contribution is -0.136. The molecule has 1 aromatic rings. The molecule has 1 aliphatic heterocycles. The fourth-order valence-electron chi connectivity index (χ4n) is 1.84. The first-order chi connectivity index (χ1) is 8.19. The number of amides is 2. The lowest BCUT2D eigenvalue weighted by Gasteiger charge is -2.25. The average Bonchev–Trinajstić information content (AvgIpc) is 2.28. The molecule has 0 atom stereocenters. The van der Waals surface area contributed by atoms with Crippen LogP contribution < -0.4 is 10.6 Å². The molecule has 6 heteroatoms. The van der Waals surface area contributed by atoms with E-state index in [0.29, 0.717) is 6.54 Å². The van der Waals surface area contributed by atoms with Gasteiger partial charge in [0.25, 0.3) is 0 Å². The van der Waals surface area contributed by atoms with E-state index in [1.165, 1.54) is 0 Å². The maximum Gasteiger partial charge on any atom is 0.240 e. The first-order valence-electron chi connectivity index (χ1n) is 5.35. The zero-order chi connectivity index (χ0) is 12.3. The number of imide groups is 1. The molecule has 0 aromatic carbocycles. The van der Waals surface area contributed by atoms with Crippen LogP contribution in [0.3, 0.4) is 0 Å². The Morgan fingerprint density at radius 3 is 2.76 bits per heavy atom. The molecule has 0 unspecified atom stereocenters. The summed E-state index contributed by atoms with van der Waals surface area (Å²) < 4.78 is 0. The van der Waals surface area contributed by atoms with Gasteiger partial charge in [0, 0.05) is 25.4 Å². The van der Waals surface area contributed by atoms with Crippen molar-refractivity contribution in [1.29, 1.82) is 0 Å². The summed E-state index contributed by atoms with van der Waals surface area (Å²) in [5, 5.41) is 5.26. The number of piperazine rings is 1. The lowest BCUT2D eigenvalue weighted by atomic mass is 10.2. The predicted octanol–water partition coefficient (Wildman–Crippen LogP) is -0.418. The molecular formula is C11H14N4O2. The quantitative estimate of drug-likeness (QED) is 0.695. The standard InChI is InChI=1S/C11H14N4O2/c1-12-11-8(3-2-4-13-11)5-15-6-9(16)14-10(17)7-15/h2-4H,5-7H2,1H3,(H,12,13)(H,14,16,17). The van der Waals surface area contributed by atoms with Gasteiger partial charge < -0.3 is 5.32 Å². The van der Waals surface area contributed by atoms with E-state index in [2.05, 4.69) is 15.6 Å². The van der Waals surface area contributed by atoms with Gasteiger partial charge in [-0.05, 0) is 6.07 Å². The largest absolute Gasteiger partial charge is 0.373 e. The van der Waals surface area contributed by atoms with Crippen molar-refractivity contribution < 1.29 is 9.59 Å². The molecule has 6 nitrogen and oxygen atoms in total. The number of hydrogen-bond acceptors (Lipinski definition) is 5. The number of anilines is 1. The van der Waals surface area contributed by atoms with E-state index in [9.17, 15) is 9.59 Å². The molecule has 1 aliphatic rings. The summed E-state index contributed by atoms with van der Waals surface area (Å²) in [6.07, 6.45) is 1.70. The van der Waals surface area contributed by atoms with Crippen LogP contribution in [0.15, 0.2) is 18.3 Å². The highest BCUT2D eigenvalue weighted by molar-refractivity contribution is 5.99. The van der Waals surface area contributed by atoms with Crippen LogP contribution in [0, 0.1) is 0 Å². The lowest BCUT2D eigenvalue weighted by Crippen LogP contribution is -2.50. The average molecular weight is 234 g/mol. The Kier molecular flexibility index (Phi) is 3.34. The van der Waals surface area contributed by atoms with Gasteiger partial charge in [0.15, 0.2) is 0 Å². The first kappa shape index (κ1) is 11.5. The van der Waals surface area contributed by atoms with Crippen molar-refractivity contribution in [2.24, 2.45) is 0 Å². The Hall–Kier alpha value is -1.95. The number of pyridine rings is 1. The highest BCUT2D eigenvalue weighted by Gasteiger charge is 2.22. The van der Waals surface area contributed by atoms with Crippen LogP contribution >= 0.6 is 0 Å². The van der Waals surface area contributed by atoms with E-state index in [1.807, 2.05) is 12.1 Å². The Bertz CT molecular complexity index is 431. The van der Waals surface area contributed by atoms with Crippen LogP contribution in [0.1, 0.15) is 5.56 Å². The first-order valence-corrected chi connectivity index (χ1v) is 5.35. The second kappa shape index (κ2) is 4.92. The fourth-order valence-corrected chi connectivity index (χ4v) is 1.84. The maximum atomic E-state index is 11.2. The Balaban J connectivity index is 2.09. The summed E-state index contributed by atoms with van der Waals surface area (Å²) in [7, 11) is 1.79. The number of aromatic nitrogens is 1. The van der Waals surface area contributed by atoms with Gasteiger partial charge in [-0.15, -0.1) is 0 Å². The number of hydrogen-bond donors (Lipinski definition) is 2. The monoisotopic (exact) mass is 234 g/mol. The molecule has 1 saturated heterocycles. The highest BCUT2D eigenvalue weighted by atomic mass is 16.2. The molecule has 2 rings (SSSR count). The Labute approximate surface area is 99.0 Å². The number of carbonyl (C=O) groups is 2. The van der Waals surface area contributed by atoms with E-state index in [-0.39, 0.29) is 24.9 Å². The highest BCUT2D eigenvalue weighted by Crippen LogP contribution is 2.13. The minimum Gasteiger partial charge on any atom is -0.373 e. The van der Waals surface area contributed by atoms with Crippen molar-refractivity contribution in [1.82, 2.24) is 15.2 Å². The summed E-state index contributed by atoms with van der Waals surface area (Å²) >= 11 is 0. The number of nitrogens with one attached hydrogen (secondary N) is 2. The third kappa shape index (κ3) is 2.79. The third-order valence-corrected chi connectivity index (χ3v) is 2.54. The number of nitrogens with zero attached hydrogens (tertiary/aromatic N) is 2. The van der Waals surface area contributed by atoms with Gasteiger partial charge in [0.05, 0.1) is 13.1 Å². The molecule has 0 radical (unpaired) electrons. The Morgan fingerprint density at radius 2 is 2.12 bits per heavy atom. The van der Waals surface area contributed by atoms with Gasteiger partial charge in [0.1, 0.15) is 5.82 Å². The topological polar surface area (TPSA) is 74.3 Å². The van der Waals surface area contributed by atoms with Crippen molar-refractivity contribution >= 4 is 17.6 Å². The SMILES string of the molecule is CNc1ncccc1CN1CC(=O)NC(=O)C1. The van der Waals surface area contributed by atoms with Crippen LogP contribution in [0.25, 0.3) is 0 Å². The normalized spacial score (nSPS) is 16.8. The van der Waals surface area contributed by atoms with Crippen molar-refractivity contribution in [2.45, 2.75) is 6.54 Å². The molecule has 2 heterocycles. The zero-order valence-corrected chi connectivity index (χ0v) is 9.56. The molecule has 1 fully saturated rings. The van der Waals surface area contributed by atoms with Crippen molar-refractivity contribution in [2.75, 3.05) is 25.5 Å². The molecule has 90 valence electrons. The summed E-state index contributed by atoms with van der Waals surface area (Å²) in [5.74, 6) is 0.262. The molecule has 0 saturated carbocycles. The van der Waals surface area contributed by atoms with Gasteiger partial charge in [-0.25, -0.2) is 4.98 Å². The molecular weight excluding hydrogens is 220 g/mol. The van der Waals surface area contributed by atoms with Crippen LogP contribution in [0.5, 0.6) is 0 Å². The van der Waals surface area contributed by atoms with Crippen LogP contribution in [0.4, 0.5) is 5.82 Å². The molecule has 0 bridgehead atoms. The molecule has 17 heavy (non-hydrogen) atoms. The molecule has 1 aromatic heterocycles. The van der Waals surface area contributed by atoms with Crippen LogP contribution in [0.2, 0.25) is 0 Å². The molecule has 0 aliphatic carbocycles. The van der Waals surface area contributed by atoms with Crippen LogP contribution in [-0.2, 0) is 16.1 Å². The summed E-state index contributed by atoms with van der Waals surface area (Å²) in [6.45, 7) is 1.01. The number of carbonyl (C=O) groups excluding carboxylic acids is 2. The van der Waals surface area contributed by atoms with E-state index in [4.69, 9.17) is 0 Å². The molecule has 2 amide bonds. The summed E-state index contributed by atoms with van der Waals surface area (Å²) in [5.41, 5.74) is 0.970. The smallest absolute Gasteiger partial charge is 0.240 e. The predicted molar refractivity (Wildman–Crippen MR) is 62.2 cm³/mol. The number of rotatable bonds is 3. The second-order valence-corrected chi connectivity index (χ2v) is 3.88. The van der Waals surface area contributed by atoms with Crippen LogP contribution in [-0.4, -0.2) is 41.8 Å². The Morgan fingerprint density at radius 1 is 1.41 bits per heavy atom. The van der Waals surface area contributed by atoms with Gasteiger partial charge >= 0.3 is 0 Å². The van der Waals surface area contributed by atoms with Gasteiger partial charge in [-0.2, -0.15) is 0 Å². The third-order valence-electron chi connectivity index (χ3n) is 2.54. The minimum atomic E-state index is -0.254.